The summed E-state index contributed by atoms with van der Waals surface area (Å²) in [5.74, 6) is 0. The summed E-state index contributed by atoms with van der Waals surface area (Å²) in [4.78, 5) is 0.834. The first-order valence-electron chi connectivity index (χ1n) is 5.50. The van der Waals surface area contributed by atoms with Crippen molar-refractivity contribution < 1.29 is 5.11 Å². The van der Waals surface area contributed by atoms with Crippen molar-refractivity contribution in [3.8, 4) is 0 Å². The van der Waals surface area contributed by atoms with E-state index in [9.17, 15) is 5.11 Å². The first kappa shape index (κ1) is 12.6. The van der Waals surface area contributed by atoms with E-state index in [1.807, 2.05) is 55.6 Å². The lowest BCUT2D eigenvalue weighted by Gasteiger charge is -2.30. The molecule has 17 heavy (non-hydrogen) atoms. The van der Waals surface area contributed by atoms with E-state index in [4.69, 9.17) is 11.6 Å². The Morgan fingerprint density at radius 3 is 2.35 bits per heavy atom. The third kappa shape index (κ3) is 2.39. The van der Waals surface area contributed by atoms with E-state index in [1.165, 1.54) is 11.3 Å². The van der Waals surface area contributed by atoms with Gasteiger partial charge in [0.25, 0.3) is 0 Å². The quantitative estimate of drug-likeness (QED) is 0.872. The average Bonchev–Trinajstić information content (AvgIpc) is 2.75. The zero-order chi connectivity index (χ0) is 12.5. The first-order valence-corrected chi connectivity index (χ1v) is 6.75. The SMILES string of the molecule is CC(C)(c1ccccc1)C(O)c1sccc1Cl. The maximum absolute atomic E-state index is 10.5. The third-order valence-electron chi connectivity index (χ3n) is 3.09. The second-order valence-electron chi connectivity index (χ2n) is 4.62. The van der Waals surface area contributed by atoms with Gasteiger partial charge >= 0.3 is 0 Å². The Hall–Kier alpha value is -0.830. The summed E-state index contributed by atoms with van der Waals surface area (Å²) in [5.41, 5.74) is 0.757. The maximum Gasteiger partial charge on any atom is 0.0987 e. The van der Waals surface area contributed by atoms with Crippen LogP contribution in [0.4, 0.5) is 0 Å². The zero-order valence-corrected chi connectivity index (χ0v) is 11.4. The molecule has 1 nitrogen and oxygen atoms in total. The molecule has 1 atom stereocenters. The standard InChI is InChI=1S/C14H15ClOS/c1-14(2,10-6-4-3-5-7-10)13(16)12-11(15)8-9-17-12/h3-9,13,16H,1-2H3. The molecule has 0 aliphatic rings. The number of aliphatic hydroxyl groups excluding tert-OH is 1. The van der Waals surface area contributed by atoms with Crippen LogP contribution in [0.5, 0.6) is 0 Å². The summed E-state index contributed by atoms with van der Waals surface area (Å²) in [6.45, 7) is 4.06. The molecule has 1 unspecified atom stereocenters. The number of thiophene rings is 1. The smallest absolute Gasteiger partial charge is 0.0987 e. The minimum atomic E-state index is -0.586. The molecule has 0 saturated carbocycles. The highest BCUT2D eigenvalue weighted by Crippen LogP contribution is 2.41. The molecular weight excluding hydrogens is 252 g/mol. The fraction of sp³-hybridized carbons (Fsp3) is 0.286. The molecule has 0 spiro atoms. The van der Waals surface area contributed by atoms with Gasteiger partial charge in [-0.25, -0.2) is 0 Å². The second-order valence-corrected chi connectivity index (χ2v) is 5.98. The molecule has 90 valence electrons. The normalized spacial score (nSPS) is 13.6. The summed E-state index contributed by atoms with van der Waals surface area (Å²) in [6.07, 6.45) is -0.586. The Kier molecular flexibility index (Phi) is 3.57. The van der Waals surface area contributed by atoms with E-state index < -0.39 is 6.10 Å². The number of rotatable bonds is 3. The summed E-state index contributed by atoms with van der Waals surface area (Å²) >= 11 is 7.58. The Bertz CT molecular complexity index is 490. The molecule has 0 aliphatic carbocycles. The largest absolute Gasteiger partial charge is 0.387 e. The molecule has 2 aromatic rings. The van der Waals surface area contributed by atoms with Crippen molar-refractivity contribution in [2.24, 2.45) is 0 Å². The highest BCUT2D eigenvalue weighted by molar-refractivity contribution is 7.10. The van der Waals surface area contributed by atoms with Crippen LogP contribution in [0.2, 0.25) is 5.02 Å². The molecule has 0 radical (unpaired) electrons. The van der Waals surface area contributed by atoms with Gasteiger partial charge in [-0.15, -0.1) is 11.3 Å². The van der Waals surface area contributed by atoms with Crippen molar-refractivity contribution in [3.63, 3.8) is 0 Å². The summed E-state index contributed by atoms with van der Waals surface area (Å²) in [6, 6.07) is 11.8. The van der Waals surface area contributed by atoms with Crippen LogP contribution in [-0.2, 0) is 5.41 Å². The van der Waals surface area contributed by atoms with Gasteiger partial charge in [0.05, 0.1) is 16.0 Å². The molecular formula is C14H15ClOS. The highest BCUT2D eigenvalue weighted by Gasteiger charge is 2.32. The van der Waals surface area contributed by atoms with E-state index in [2.05, 4.69) is 0 Å². The van der Waals surface area contributed by atoms with Crippen LogP contribution < -0.4 is 0 Å². The summed E-state index contributed by atoms with van der Waals surface area (Å²) in [5, 5.41) is 13.0. The predicted octanol–water partition coefficient (Wildman–Crippen LogP) is 4.41. The van der Waals surface area contributed by atoms with Crippen molar-refractivity contribution in [1.82, 2.24) is 0 Å². The Morgan fingerprint density at radius 1 is 1.18 bits per heavy atom. The molecule has 1 heterocycles. The highest BCUT2D eigenvalue weighted by atomic mass is 35.5. The maximum atomic E-state index is 10.5. The molecule has 0 fully saturated rings. The summed E-state index contributed by atoms with van der Waals surface area (Å²) in [7, 11) is 0. The van der Waals surface area contributed by atoms with Crippen LogP contribution in [0.1, 0.15) is 30.4 Å². The van der Waals surface area contributed by atoms with Crippen LogP contribution in [0.25, 0.3) is 0 Å². The molecule has 0 amide bonds. The number of hydrogen-bond donors (Lipinski definition) is 1. The average molecular weight is 267 g/mol. The minimum Gasteiger partial charge on any atom is -0.387 e. The van der Waals surface area contributed by atoms with E-state index in [0.717, 1.165) is 10.4 Å². The predicted molar refractivity (Wildman–Crippen MR) is 73.8 cm³/mol. The Morgan fingerprint density at radius 2 is 1.82 bits per heavy atom. The summed E-state index contributed by atoms with van der Waals surface area (Å²) < 4.78 is 0. The zero-order valence-electron chi connectivity index (χ0n) is 9.85. The minimum absolute atomic E-state index is 0.351. The molecule has 0 saturated heterocycles. The first-order chi connectivity index (χ1) is 8.03. The second kappa shape index (κ2) is 4.81. The van der Waals surface area contributed by atoms with Crippen molar-refractivity contribution >= 4 is 22.9 Å². The molecule has 1 N–H and O–H groups in total. The van der Waals surface area contributed by atoms with Crippen LogP contribution >= 0.6 is 22.9 Å². The molecule has 2 rings (SSSR count). The van der Waals surface area contributed by atoms with Crippen molar-refractivity contribution in [2.45, 2.75) is 25.4 Å². The Balaban J connectivity index is 2.37. The molecule has 1 aromatic heterocycles. The van der Waals surface area contributed by atoms with E-state index in [-0.39, 0.29) is 5.41 Å². The van der Waals surface area contributed by atoms with Gasteiger partial charge in [-0.2, -0.15) is 0 Å². The third-order valence-corrected chi connectivity index (χ3v) is 4.51. The van der Waals surface area contributed by atoms with Crippen molar-refractivity contribution in [3.05, 3.63) is 57.2 Å². The molecule has 0 bridgehead atoms. The van der Waals surface area contributed by atoms with Gasteiger partial charge in [-0.1, -0.05) is 55.8 Å². The van der Waals surface area contributed by atoms with E-state index >= 15 is 0 Å². The van der Waals surface area contributed by atoms with Gasteiger partial charge in [0, 0.05) is 5.41 Å². The number of aliphatic hydroxyl groups is 1. The lowest BCUT2D eigenvalue weighted by molar-refractivity contribution is 0.104. The van der Waals surface area contributed by atoms with Crippen LogP contribution in [0, 0.1) is 0 Å². The van der Waals surface area contributed by atoms with Crippen LogP contribution in [0.15, 0.2) is 41.8 Å². The van der Waals surface area contributed by atoms with Crippen molar-refractivity contribution in [2.75, 3.05) is 0 Å². The van der Waals surface area contributed by atoms with Gasteiger partial charge in [0.2, 0.25) is 0 Å². The van der Waals surface area contributed by atoms with Gasteiger partial charge in [-0.3, -0.25) is 0 Å². The fourth-order valence-electron chi connectivity index (χ4n) is 1.85. The van der Waals surface area contributed by atoms with Gasteiger partial charge in [-0.05, 0) is 17.0 Å². The van der Waals surface area contributed by atoms with E-state index in [0.29, 0.717) is 5.02 Å². The van der Waals surface area contributed by atoms with E-state index in [1.54, 1.807) is 0 Å². The molecule has 1 aromatic carbocycles. The monoisotopic (exact) mass is 266 g/mol. The topological polar surface area (TPSA) is 20.2 Å². The number of benzene rings is 1. The van der Waals surface area contributed by atoms with Gasteiger partial charge in [0.15, 0.2) is 0 Å². The van der Waals surface area contributed by atoms with Crippen LogP contribution in [0.3, 0.4) is 0 Å². The van der Waals surface area contributed by atoms with Crippen molar-refractivity contribution in [1.29, 1.82) is 0 Å². The van der Waals surface area contributed by atoms with Gasteiger partial charge in [0.1, 0.15) is 0 Å². The van der Waals surface area contributed by atoms with Gasteiger partial charge < -0.3 is 5.11 Å². The van der Waals surface area contributed by atoms with Crippen LogP contribution in [-0.4, -0.2) is 5.11 Å². The number of halogens is 1. The Labute approximate surface area is 111 Å². The lowest BCUT2D eigenvalue weighted by atomic mass is 9.79. The lowest BCUT2D eigenvalue weighted by Crippen LogP contribution is -2.26. The molecule has 0 aliphatic heterocycles. The molecule has 3 heteroatoms. The number of hydrogen-bond acceptors (Lipinski definition) is 2. The fourth-order valence-corrected chi connectivity index (χ4v) is 3.18.